The molecule has 0 aromatic heterocycles. The van der Waals surface area contributed by atoms with E-state index in [1.807, 2.05) is 13.8 Å². The van der Waals surface area contributed by atoms with Crippen LogP contribution < -0.4 is 4.90 Å². The van der Waals surface area contributed by atoms with Gasteiger partial charge in [0.1, 0.15) is 0 Å². The number of fused-ring (bicyclic) bond motifs is 1. The van der Waals surface area contributed by atoms with E-state index in [2.05, 4.69) is 35.8 Å². The van der Waals surface area contributed by atoms with Crippen LogP contribution in [-0.2, 0) is 6.42 Å². The Morgan fingerprint density at radius 3 is 2.72 bits per heavy atom. The lowest BCUT2D eigenvalue weighted by Gasteiger charge is -2.31. The monoisotopic (exact) mass is 265 g/mol. The predicted octanol–water partition coefficient (Wildman–Crippen LogP) is 4.55. The molecule has 102 valence electrons. The van der Waals surface area contributed by atoms with Gasteiger partial charge < -0.3 is 4.90 Å². The van der Waals surface area contributed by atoms with Crippen molar-refractivity contribution in [3.05, 3.63) is 29.8 Å². The fourth-order valence-corrected chi connectivity index (χ4v) is 3.05. The van der Waals surface area contributed by atoms with E-state index in [0.717, 1.165) is 8.58 Å². The van der Waals surface area contributed by atoms with Crippen LogP contribution in [0.4, 0.5) is 5.69 Å². The van der Waals surface area contributed by atoms with Crippen LogP contribution in [0, 0.1) is 0 Å². The number of unbranched alkanes of at least 4 members (excludes halogenated alkanes) is 1. The lowest BCUT2D eigenvalue weighted by molar-refractivity contribution is 0.660. The van der Waals surface area contributed by atoms with E-state index in [-0.39, 0.29) is 0 Å². The molecule has 1 nitrogen and oxygen atoms in total. The van der Waals surface area contributed by atoms with Crippen molar-refractivity contribution in [1.29, 1.82) is 0 Å². The average molecular weight is 265 g/mol. The third kappa shape index (κ3) is 4.61. The number of hydrogen-bond donors (Lipinski definition) is 0. The fraction of sp³-hybridized carbons (Fsp3) is 0.625. The molecule has 1 aliphatic rings. The summed E-state index contributed by atoms with van der Waals surface area (Å²) in [5.74, 6) is 0. The van der Waals surface area contributed by atoms with Crippen molar-refractivity contribution in [1.82, 2.24) is 0 Å². The van der Waals surface area contributed by atoms with Crippen LogP contribution in [0.2, 0.25) is 0 Å². The first kappa shape index (κ1) is 15.5. The molecule has 0 saturated carbocycles. The molecule has 0 amide bonds. The van der Waals surface area contributed by atoms with Crippen molar-refractivity contribution < 1.29 is 0 Å². The molecule has 1 heterocycles. The van der Waals surface area contributed by atoms with Gasteiger partial charge in [-0.25, -0.2) is 0 Å². The van der Waals surface area contributed by atoms with E-state index >= 15 is 0 Å². The zero-order valence-electron chi connectivity index (χ0n) is 12.2. The summed E-state index contributed by atoms with van der Waals surface area (Å²) in [6, 6.07) is 8.91. The summed E-state index contributed by atoms with van der Waals surface area (Å²) in [4.78, 5) is 2.58. The van der Waals surface area contributed by atoms with Gasteiger partial charge in [-0.15, -0.1) is 8.58 Å². The number of anilines is 1. The third-order valence-corrected chi connectivity index (χ3v) is 4.16. The van der Waals surface area contributed by atoms with Gasteiger partial charge in [0.05, 0.1) is 0 Å². The number of aryl methyl sites for hydroxylation is 1. The minimum Gasteiger partial charge on any atom is -0.371 e. The maximum atomic E-state index is 2.58. The Hall–Kier alpha value is -0.550. The number of hydrogen-bond acceptors (Lipinski definition) is 1. The zero-order chi connectivity index (χ0) is 13.2. The lowest BCUT2D eigenvalue weighted by atomic mass is 10.0. The van der Waals surface area contributed by atoms with Gasteiger partial charge in [-0.1, -0.05) is 32.0 Å². The van der Waals surface area contributed by atoms with Gasteiger partial charge in [0.25, 0.3) is 0 Å². The quantitative estimate of drug-likeness (QED) is 0.557. The van der Waals surface area contributed by atoms with E-state index in [4.69, 9.17) is 0 Å². The number of nitrogens with zero attached hydrogens (tertiary/aromatic N) is 1. The SMILES string of the molecule is CC.CPCCCCN1CCCc2ccccc21. The number of benzene rings is 1. The largest absolute Gasteiger partial charge is 0.371 e. The minimum absolute atomic E-state index is 1.12. The van der Waals surface area contributed by atoms with E-state index < -0.39 is 0 Å². The molecule has 0 N–H and O–H groups in total. The van der Waals surface area contributed by atoms with E-state index in [1.165, 1.54) is 50.6 Å². The Balaban J connectivity index is 0.000000771. The smallest absolute Gasteiger partial charge is 0.0398 e. The highest BCUT2D eigenvalue weighted by molar-refractivity contribution is 7.36. The zero-order valence-corrected chi connectivity index (χ0v) is 13.2. The van der Waals surface area contributed by atoms with Crippen molar-refractivity contribution in [3.8, 4) is 0 Å². The van der Waals surface area contributed by atoms with Crippen molar-refractivity contribution in [3.63, 3.8) is 0 Å². The Kier molecular flexibility index (Phi) is 8.09. The summed E-state index contributed by atoms with van der Waals surface area (Å²) in [5.41, 5.74) is 3.04. The Bertz CT molecular complexity index is 325. The second-order valence-electron chi connectivity index (χ2n) is 4.53. The number of para-hydroxylation sites is 1. The molecular weight excluding hydrogens is 237 g/mol. The first-order valence-electron chi connectivity index (χ1n) is 7.39. The molecule has 1 atom stereocenters. The summed E-state index contributed by atoms with van der Waals surface area (Å²) >= 11 is 0. The Morgan fingerprint density at radius 2 is 1.94 bits per heavy atom. The maximum Gasteiger partial charge on any atom is 0.0398 e. The van der Waals surface area contributed by atoms with Gasteiger partial charge in [-0.2, -0.15) is 0 Å². The summed E-state index contributed by atoms with van der Waals surface area (Å²) in [6.45, 7) is 8.81. The first-order chi connectivity index (χ1) is 8.92. The standard InChI is InChI=1S/C14H22NP.C2H6/c1-16-12-5-4-10-15-11-6-8-13-7-2-3-9-14(13)15;1-2/h2-3,7,9,16H,4-6,8,10-12H2,1H3;1-2H3. The summed E-state index contributed by atoms with van der Waals surface area (Å²) in [6.07, 6.45) is 6.76. The summed E-state index contributed by atoms with van der Waals surface area (Å²) in [7, 11) is 1.12. The normalized spacial score (nSPS) is 14.3. The average Bonchev–Trinajstić information content (AvgIpc) is 2.46. The van der Waals surface area contributed by atoms with Crippen LogP contribution in [-0.4, -0.2) is 25.9 Å². The molecule has 0 bridgehead atoms. The molecule has 0 fully saturated rings. The highest BCUT2D eigenvalue weighted by atomic mass is 31.1. The van der Waals surface area contributed by atoms with Crippen molar-refractivity contribution >= 4 is 14.3 Å². The number of rotatable bonds is 5. The van der Waals surface area contributed by atoms with Gasteiger partial charge in [0.15, 0.2) is 0 Å². The van der Waals surface area contributed by atoms with E-state index in [1.54, 1.807) is 5.56 Å². The van der Waals surface area contributed by atoms with Crippen LogP contribution in [0.5, 0.6) is 0 Å². The second-order valence-corrected chi connectivity index (χ2v) is 5.74. The highest BCUT2D eigenvalue weighted by Gasteiger charge is 2.14. The minimum atomic E-state index is 1.12. The lowest BCUT2D eigenvalue weighted by Crippen LogP contribution is -2.30. The molecule has 0 spiro atoms. The van der Waals surface area contributed by atoms with Crippen LogP contribution in [0.3, 0.4) is 0 Å². The molecule has 0 aliphatic carbocycles. The Labute approximate surface area is 115 Å². The van der Waals surface area contributed by atoms with Crippen LogP contribution >= 0.6 is 8.58 Å². The molecule has 0 radical (unpaired) electrons. The van der Waals surface area contributed by atoms with Gasteiger partial charge >= 0.3 is 0 Å². The third-order valence-electron chi connectivity index (χ3n) is 3.31. The van der Waals surface area contributed by atoms with Gasteiger partial charge in [-0.05, 0) is 50.1 Å². The Morgan fingerprint density at radius 1 is 1.17 bits per heavy atom. The topological polar surface area (TPSA) is 3.24 Å². The first-order valence-corrected chi connectivity index (χ1v) is 9.10. The maximum absolute atomic E-state index is 2.58. The van der Waals surface area contributed by atoms with Crippen molar-refractivity contribution in [2.45, 2.75) is 39.5 Å². The molecule has 1 aromatic rings. The van der Waals surface area contributed by atoms with Crippen molar-refractivity contribution in [2.24, 2.45) is 0 Å². The molecule has 0 saturated heterocycles. The predicted molar refractivity (Wildman–Crippen MR) is 86.7 cm³/mol. The molecule has 2 rings (SSSR count). The van der Waals surface area contributed by atoms with Crippen LogP contribution in [0.15, 0.2) is 24.3 Å². The molecule has 2 heteroatoms. The van der Waals surface area contributed by atoms with Gasteiger partial charge in [0.2, 0.25) is 0 Å². The molecule has 1 aliphatic heterocycles. The van der Waals surface area contributed by atoms with Crippen LogP contribution in [0.25, 0.3) is 0 Å². The second kappa shape index (κ2) is 9.39. The van der Waals surface area contributed by atoms with E-state index in [9.17, 15) is 0 Å². The molecule has 1 unspecified atom stereocenters. The molecular formula is C16H28NP. The van der Waals surface area contributed by atoms with Crippen molar-refractivity contribution in [2.75, 3.05) is 30.8 Å². The highest BCUT2D eigenvalue weighted by Crippen LogP contribution is 2.26. The van der Waals surface area contributed by atoms with Crippen LogP contribution in [0.1, 0.15) is 38.7 Å². The fourth-order valence-electron chi connectivity index (χ4n) is 2.45. The molecule has 18 heavy (non-hydrogen) atoms. The molecule has 1 aromatic carbocycles. The summed E-state index contributed by atoms with van der Waals surface area (Å²) in [5, 5.41) is 0. The van der Waals surface area contributed by atoms with E-state index in [0.29, 0.717) is 0 Å². The summed E-state index contributed by atoms with van der Waals surface area (Å²) < 4.78 is 0. The van der Waals surface area contributed by atoms with Gasteiger partial charge in [-0.3, -0.25) is 0 Å². The van der Waals surface area contributed by atoms with Gasteiger partial charge in [0, 0.05) is 18.8 Å².